The molecule has 0 aliphatic rings. The van der Waals surface area contributed by atoms with E-state index in [9.17, 15) is 4.79 Å². The van der Waals surface area contributed by atoms with Crippen LogP contribution in [-0.4, -0.2) is 49.4 Å². The highest BCUT2D eigenvalue weighted by atomic mass is 16.2. The molecule has 0 unspecified atom stereocenters. The zero-order valence-corrected chi connectivity index (χ0v) is 13.6. The summed E-state index contributed by atoms with van der Waals surface area (Å²) in [4.78, 5) is 15.4. The topological polar surface area (TPSA) is 61.6 Å². The van der Waals surface area contributed by atoms with Gasteiger partial charge in [0.1, 0.15) is 0 Å². The van der Waals surface area contributed by atoms with Gasteiger partial charge in [-0.2, -0.15) is 0 Å². The Balaban J connectivity index is 2.36. The molecule has 5 heteroatoms. The number of benzene rings is 1. The van der Waals surface area contributed by atoms with Gasteiger partial charge < -0.3 is 4.90 Å². The second-order valence-electron chi connectivity index (χ2n) is 5.94. The number of hydrogen-bond donors (Lipinski definition) is 2. The highest BCUT2D eigenvalue weighted by Gasteiger charge is 2.07. The number of hydrogen-bond acceptors (Lipinski definition) is 4. The van der Waals surface area contributed by atoms with Gasteiger partial charge >= 0.3 is 0 Å². The number of carbonyl (C=O) groups excluding carboxylic acids is 1. The molecule has 1 aromatic carbocycles. The fraction of sp³-hybridized carbons (Fsp3) is 0.562. The first-order valence-electron chi connectivity index (χ1n) is 7.37. The SMILES string of the molecule is CC(C)c1ccc(CN(C)CCN(C)CC(=O)NN)cc1. The number of likely N-dealkylation sites (N-methyl/N-ethyl adjacent to an activating group) is 2. The van der Waals surface area contributed by atoms with E-state index in [1.807, 2.05) is 11.9 Å². The van der Waals surface area contributed by atoms with E-state index < -0.39 is 0 Å². The summed E-state index contributed by atoms with van der Waals surface area (Å²) in [5.74, 6) is 5.48. The third-order valence-electron chi connectivity index (χ3n) is 3.54. The molecule has 0 bridgehead atoms. The summed E-state index contributed by atoms with van der Waals surface area (Å²) in [6, 6.07) is 8.78. The van der Waals surface area contributed by atoms with Crippen LogP contribution in [0.3, 0.4) is 0 Å². The molecule has 0 fully saturated rings. The van der Waals surface area contributed by atoms with E-state index in [0.29, 0.717) is 12.5 Å². The number of amides is 1. The van der Waals surface area contributed by atoms with Crippen LogP contribution < -0.4 is 11.3 Å². The van der Waals surface area contributed by atoms with Gasteiger partial charge in [-0.25, -0.2) is 5.84 Å². The largest absolute Gasteiger partial charge is 0.301 e. The quantitative estimate of drug-likeness (QED) is 0.429. The second kappa shape index (κ2) is 8.77. The fourth-order valence-corrected chi connectivity index (χ4v) is 2.11. The Morgan fingerprint density at radius 1 is 1.14 bits per heavy atom. The number of nitrogens with zero attached hydrogens (tertiary/aromatic N) is 2. The summed E-state index contributed by atoms with van der Waals surface area (Å²) >= 11 is 0. The Labute approximate surface area is 128 Å². The van der Waals surface area contributed by atoms with Crippen LogP contribution in [-0.2, 0) is 11.3 Å². The van der Waals surface area contributed by atoms with Crippen LogP contribution in [0.1, 0.15) is 30.9 Å². The summed E-state index contributed by atoms with van der Waals surface area (Å²) in [6.07, 6.45) is 0. The van der Waals surface area contributed by atoms with Crippen molar-refractivity contribution in [3.63, 3.8) is 0 Å². The summed E-state index contributed by atoms with van der Waals surface area (Å²) in [6.45, 7) is 7.37. The van der Waals surface area contributed by atoms with Gasteiger partial charge in [0, 0.05) is 19.6 Å². The fourth-order valence-electron chi connectivity index (χ4n) is 2.11. The molecule has 1 amide bonds. The number of carbonyl (C=O) groups is 1. The highest BCUT2D eigenvalue weighted by molar-refractivity contribution is 5.77. The van der Waals surface area contributed by atoms with Crippen LogP contribution in [0.2, 0.25) is 0 Å². The molecule has 0 saturated heterocycles. The van der Waals surface area contributed by atoms with Crippen LogP contribution in [0.25, 0.3) is 0 Å². The molecule has 21 heavy (non-hydrogen) atoms. The number of rotatable bonds is 8. The van der Waals surface area contributed by atoms with Gasteiger partial charge in [-0.05, 0) is 31.1 Å². The van der Waals surface area contributed by atoms with E-state index in [-0.39, 0.29) is 5.91 Å². The maximum atomic E-state index is 11.2. The van der Waals surface area contributed by atoms with Gasteiger partial charge in [0.15, 0.2) is 0 Å². The highest BCUT2D eigenvalue weighted by Crippen LogP contribution is 2.15. The van der Waals surface area contributed by atoms with Crippen molar-refractivity contribution in [2.75, 3.05) is 33.7 Å². The van der Waals surface area contributed by atoms with E-state index >= 15 is 0 Å². The lowest BCUT2D eigenvalue weighted by Crippen LogP contribution is -2.41. The molecule has 0 aliphatic carbocycles. The molecule has 118 valence electrons. The Kier molecular flexibility index (Phi) is 7.36. The van der Waals surface area contributed by atoms with E-state index in [4.69, 9.17) is 5.84 Å². The summed E-state index contributed by atoms with van der Waals surface area (Å²) in [5, 5.41) is 0. The van der Waals surface area contributed by atoms with Gasteiger partial charge in [0.05, 0.1) is 6.54 Å². The number of hydrazine groups is 1. The zero-order valence-electron chi connectivity index (χ0n) is 13.6. The molecule has 3 N–H and O–H groups in total. The first-order chi connectivity index (χ1) is 9.92. The average Bonchev–Trinajstić information content (AvgIpc) is 2.45. The lowest BCUT2D eigenvalue weighted by molar-refractivity contribution is -0.122. The normalized spacial score (nSPS) is 11.4. The first kappa shape index (κ1) is 17.6. The van der Waals surface area contributed by atoms with Crippen molar-refractivity contribution in [2.45, 2.75) is 26.3 Å². The molecule has 0 spiro atoms. The zero-order chi connectivity index (χ0) is 15.8. The lowest BCUT2D eigenvalue weighted by atomic mass is 10.0. The van der Waals surface area contributed by atoms with Crippen molar-refractivity contribution >= 4 is 5.91 Å². The van der Waals surface area contributed by atoms with E-state index in [0.717, 1.165) is 19.6 Å². The van der Waals surface area contributed by atoms with Crippen molar-refractivity contribution < 1.29 is 4.79 Å². The molecule has 0 radical (unpaired) electrons. The van der Waals surface area contributed by atoms with E-state index in [1.54, 1.807) is 0 Å². The predicted molar refractivity (Wildman–Crippen MR) is 86.7 cm³/mol. The molecule has 5 nitrogen and oxygen atoms in total. The Bertz CT molecular complexity index is 430. The van der Waals surface area contributed by atoms with E-state index in [1.165, 1.54) is 11.1 Å². The summed E-state index contributed by atoms with van der Waals surface area (Å²) in [5.41, 5.74) is 4.82. The Morgan fingerprint density at radius 2 is 1.71 bits per heavy atom. The van der Waals surface area contributed by atoms with Crippen molar-refractivity contribution in [3.05, 3.63) is 35.4 Å². The molecule has 1 rings (SSSR count). The summed E-state index contributed by atoms with van der Waals surface area (Å²) < 4.78 is 0. The molecule has 0 atom stereocenters. The van der Waals surface area contributed by atoms with Gasteiger partial charge in [-0.15, -0.1) is 0 Å². The second-order valence-corrected chi connectivity index (χ2v) is 5.94. The summed E-state index contributed by atoms with van der Waals surface area (Å²) in [7, 11) is 4.01. The Morgan fingerprint density at radius 3 is 2.24 bits per heavy atom. The van der Waals surface area contributed by atoms with E-state index in [2.05, 4.69) is 55.5 Å². The van der Waals surface area contributed by atoms with Crippen molar-refractivity contribution in [3.8, 4) is 0 Å². The maximum absolute atomic E-state index is 11.2. The standard InChI is InChI=1S/C16H28N4O/c1-13(2)15-7-5-14(6-8-15)11-19(3)9-10-20(4)12-16(21)18-17/h5-8,13H,9-12,17H2,1-4H3,(H,18,21). The monoisotopic (exact) mass is 292 g/mol. The first-order valence-corrected chi connectivity index (χ1v) is 7.37. The molecule has 0 aliphatic heterocycles. The molecule has 0 heterocycles. The van der Waals surface area contributed by atoms with Crippen molar-refractivity contribution in [1.82, 2.24) is 15.2 Å². The minimum absolute atomic E-state index is 0.163. The maximum Gasteiger partial charge on any atom is 0.248 e. The molecule has 1 aromatic rings. The van der Waals surface area contributed by atoms with Crippen LogP contribution in [0, 0.1) is 0 Å². The lowest BCUT2D eigenvalue weighted by Gasteiger charge is -2.21. The number of nitrogens with two attached hydrogens (primary N) is 1. The third kappa shape index (κ3) is 6.71. The van der Waals surface area contributed by atoms with Crippen molar-refractivity contribution in [2.24, 2.45) is 5.84 Å². The van der Waals surface area contributed by atoms with Crippen LogP contribution in [0.5, 0.6) is 0 Å². The Hall–Kier alpha value is -1.43. The molecule has 0 aromatic heterocycles. The van der Waals surface area contributed by atoms with Gasteiger partial charge in [0.25, 0.3) is 0 Å². The van der Waals surface area contributed by atoms with Gasteiger partial charge in [-0.1, -0.05) is 38.1 Å². The molecule has 0 saturated carbocycles. The molecular formula is C16H28N4O. The van der Waals surface area contributed by atoms with Crippen LogP contribution in [0.15, 0.2) is 24.3 Å². The molecular weight excluding hydrogens is 264 g/mol. The van der Waals surface area contributed by atoms with Gasteiger partial charge in [0.2, 0.25) is 5.91 Å². The van der Waals surface area contributed by atoms with Crippen LogP contribution in [0.4, 0.5) is 0 Å². The van der Waals surface area contributed by atoms with Crippen molar-refractivity contribution in [1.29, 1.82) is 0 Å². The minimum Gasteiger partial charge on any atom is -0.301 e. The third-order valence-corrected chi connectivity index (χ3v) is 3.54. The minimum atomic E-state index is -0.163. The smallest absolute Gasteiger partial charge is 0.248 e. The number of nitrogens with one attached hydrogen (secondary N) is 1. The predicted octanol–water partition coefficient (Wildman–Crippen LogP) is 1.16. The van der Waals surface area contributed by atoms with Gasteiger partial charge in [-0.3, -0.25) is 15.1 Å². The average molecular weight is 292 g/mol. The van der Waals surface area contributed by atoms with Crippen LogP contribution >= 0.6 is 0 Å².